The van der Waals surface area contributed by atoms with Gasteiger partial charge in [0, 0.05) is 24.7 Å². The summed E-state index contributed by atoms with van der Waals surface area (Å²) < 4.78 is 34.5. The van der Waals surface area contributed by atoms with Crippen LogP contribution in [-0.2, 0) is 26.7 Å². The number of anilines is 2. The van der Waals surface area contributed by atoms with Crippen LogP contribution in [0.25, 0.3) is 0 Å². The van der Waals surface area contributed by atoms with Crippen molar-refractivity contribution < 1.29 is 17.9 Å². The highest BCUT2D eigenvalue weighted by molar-refractivity contribution is 7.92. The van der Waals surface area contributed by atoms with Gasteiger partial charge in [-0.3, -0.25) is 9.52 Å². The number of hydrogen-bond donors (Lipinski definition) is 2. The highest BCUT2D eigenvalue weighted by atomic mass is 32.2. The molecule has 5 rings (SSSR count). The zero-order valence-corrected chi connectivity index (χ0v) is 20.0. The minimum atomic E-state index is -3.87. The summed E-state index contributed by atoms with van der Waals surface area (Å²) in [6, 6.07) is 10.6. The molecule has 2 fully saturated rings. The molecule has 1 aliphatic heterocycles. The van der Waals surface area contributed by atoms with Crippen molar-refractivity contribution in [2.45, 2.75) is 54.9 Å². The molecule has 0 bridgehead atoms. The maximum atomic E-state index is 13.2. The number of likely N-dealkylation sites (tertiary alicyclic amines) is 1. The molecule has 7 nitrogen and oxygen atoms in total. The first-order chi connectivity index (χ1) is 15.8. The Hall–Kier alpha value is -2.58. The van der Waals surface area contributed by atoms with Gasteiger partial charge in [-0.2, -0.15) is 0 Å². The summed E-state index contributed by atoms with van der Waals surface area (Å²) in [5.74, 6) is 0.553. The lowest BCUT2D eigenvalue weighted by molar-refractivity contribution is -0.125. The Labute approximate surface area is 195 Å². The normalized spacial score (nSPS) is 22.0. The van der Waals surface area contributed by atoms with Crippen molar-refractivity contribution in [2.75, 3.05) is 37.3 Å². The molecule has 1 saturated heterocycles. The minimum absolute atomic E-state index is 0.0887. The van der Waals surface area contributed by atoms with Gasteiger partial charge < -0.3 is 15.0 Å². The third kappa shape index (κ3) is 3.89. The maximum absolute atomic E-state index is 13.2. The standard InChI is InChI=1S/C25H31N3O4S/c1-28-12-5-7-17(16-28)26-21-14-18(13-20-19(21)15-24(29)25(20)10-6-11-25)27-33(30,31)23-9-4-3-8-22(23)32-2/h3-4,8-9,13-14,17,26-27H,5-7,10-12,15-16H2,1-2H3. The van der Waals surface area contributed by atoms with Gasteiger partial charge in [-0.1, -0.05) is 18.6 Å². The molecule has 1 heterocycles. The summed E-state index contributed by atoms with van der Waals surface area (Å²) in [4.78, 5) is 15.4. The summed E-state index contributed by atoms with van der Waals surface area (Å²) >= 11 is 0. The predicted molar refractivity (Wildman–Crippen MR) is 129 cm³/mol. The van der Waals surface area contributed by atoms with Crippen LogP contribution in [0, 0.1) is 0 Å². The summed E-state index contributed by atoms with van der Waals surface area (Å²) in [6.45, 7) is 2.00. The monoisotopic (exact) mass is 469 g/mol. The number of carbonyl (C=O) groups is 1. The predicted octanol–water partition coefficient (Wildman–Crippen LogP) is 3.55. The number of likely N-dealkylation sites (N-methyl/N-ethyl adjacent to an activating group) is 1. The second-order valence-corrected chi connectivity index (χ2v) is 11.2. The molecular weight excluding hydrogens is 438 g/mol. The molecule has 3 aliphatic rings. The SMILES string of the molecule is COc1ccccc1S(=O)(=O)Nc1cc(NC2CCCN(C)C2)c2c(c1)C1(CCC1)C(=O)C2. The fourth-order valence-electron chi connectivity index (χ4n) is 5.59. The lowest BCUT2D eigenvalue weighted by atomic mass is 9.64. The van der Waals surface area contributed by atoms with Crippen LogP contribution in [0.5, 0.6) is 5.75 Å². The first-order valence-corrected chi connectivity index (χ1v) is 13.1. The summed E-state index contributed by atoms with van der Waals surface area (Å²) in [5.41, 5.74) is 2.94. The zero-order valence-electron chi connectivity index (χ0n) is 19.2. The first kappa shape index (κ1) is 22.2. The van der Waals surface area contributed by atoms with Crippen molar-refractivity contribution in [2.24, 2.45) is 0 Å². The van der Waals surface area contributed by atoms with Gasteiger partial charge in [0.25, 0.3) is 10.0 Å². The van der Waals surface area contributed by atoms with E-state index in [0.717, 1.165) is 62.0 Å². The van der Waals surface area contributed by atoms with E-state index in [-0.39, 0.29) is 16.7 Å². The molecule has 176 valence electrons. The molecule has 0 amide bonds. The topological polar surface area (TPSA) is 87.7 Å². The number of sulfonamides is 1. The van der Waals surface area contributed by atoms with Gasteiger partial charge in [-0.15, -0.1) is 0 Å². The lowest BCUT2D eigenvalue weighted by Gasteiger charge is -2.38. The number of carbonyl (C=O) groups excluding carboxylic acids is 1. The second-order valence-electron chi connectivity index (χ2n) is 9.59. The minimum Gasteiger partial charge on any atom is -0.495 e. The Morgan fingerprint density at radius 2 is 1.94 bits per heavy atom. The number of piperidine rings is 1. The van der Waals surface area contributed by atoms with Gasteiger partial charge >= 0.3 is 0 Å². The van der Waals surface area contributed by atoms with E-state index in [4.69, 9.17) is 4.74 Å². The van der Waals surface area contributed by atoms with E-state index in [2.05, 4.69) is 22.0 Å². The van der Waals surface area contributed by atoms with Gasteiger partial charge in [0.1, 0.15) is 16.4 Å². The van der Waals surface area contributed by atoms with Crippen LogP contribution in [-0.4, -0.2) is 52.4 Å². The fraction of sp³-hybridized carbons (Fsp3) is 0.480. The molecule has 2 aromatic rings. The number of Topliss-reactive ketones (excluding diaryl/α,β-unsaturated/α-hetero) is 1. The maximum Gasteiger partial charge on any atom is 0.265 e. The number of nitrogens with zero attached hydrogens (tertiary/aromatic N) is 1. The molecule has 0 aromatic heterocycles. The van der Waals surface area contributed by atoms with E-state index < -0.39 is 15.4 Å². The quantitative estimate of drug-likeness (QED) is 0.673. The summed E-state index contributed by atoms with van der Waals surface area (Å²) in [6.07, 6.45) is 5.29. The molecule has 33 heavy (non-hydrogen) atoms. The molecular formula is C25H31N3O4S. The van der Waals surface area contributed by atoms with Crippen LogP contribution < -0.4 is 14.8 Å². The van der Waals surface area contributed by atoms with Crippen LogP contribution in [0.2, 0.25) is 0 Å². The fourth-order valence-corrected chi connectivity index (χ4v) is 6.80. The van der Waals surface area contributed by atoms with Crippen molar-refractivity contribution in [3.63, 3.8) is 0 Å². The van der Waals surface area contributed by atoms with Crippen molar-refractivity contribution in [3.8, 4) is 5.75 Å². The third-order valence-corrected chi connectivity index (χ3v) is 8.86. The molecule has 1 unspecified atom stereocenters. The number of ketones is 1. The van der Waals surface area contributed by atoms with E-state index in [9.17, 15) is 13.2 Å². The number of fused-ring (bicyclic) bond motifs is 2. The Bertz CT molecular complexity index is 1190. The van der Waals surface area contributed by atoms with Crippen LogP contribution in [0.3, 0.4) is 0 Å². The Morgan fingerprint density at radius 3 is 2.64 bits per heavy atom. The van der Waals surface area contributed by atoms with Gasteiger partial charge in [0.2, 0.25) is 0 Å². The van der Waals surface area contributed by atoms with Gasteiger partial charge in [-0.05, 0) is 74.7 Å². The van der Waals surface area contributed by atoms with Gasteiger partial charge in [-0.25, -0.2) is 8.42 Å². The van der Waals surface area contributed by atoms with E-state index >= 15 is 0 Å². The van der Waals surface area contributed by atoms with E-state index in [0.29, 0.717) is 17.9 Å². The van der Waals surface area contributed by atoms with Crippen molar-refractivity contribution in [3.05, 3.63) is 47.5 Å². The number of rotatable bonds is 6. The smallest absolute Gasteiger partial charge is 0.265 e. The third-order valence-electron chi connectivity index (χ3n) is 7.44. The number of hydrogen-bond acceptors (Lipinski definition) is 6. The lowest BCUT2D eigenvalue weighted by Crippen LogP contribution is -2.40. The molecule has 1 saturated carbocycles. The largest absolute Gasteiger partial charge is 0.495 e. The van der Waals surface area contributed by atoms with Crippen molar-refractivity contribution in [1.29, 1.82) is 0 Å². The van der Waals surface area contributed by atoms with Crippen LogP contribution in [0.15, 0.2) is 41.3 Å². The van der Waals surface area contributed by atoms with Crippen LogP contribution in [0.4, 0.5) is 11.4 Å². The van der Waals surface area contributed by atoms with E-state index in [1.807, 2.05) is 12.1 Å². The first-order valence-electron chi connectivity index (χ1n) is 11.6. The molecule has 0 radical (unpaired) electrons. The Kier molecular flexibility index (Phi) is 5.61. The molecule has 1 atom stereocenters. The highest BCUT2D eigenvalue weighted by Crippen LogP contribution is 2.53. The Morgan fingerprint density at radius 1 is 1.15 bits per heavy atom. The number of para-hydroxylation sites is 1. The van der Waals surface area contributed by atoms with E-state index in [1.54, 1.807) is 18.2 Å². The van der Waals surface area contributed by atoms with Crippen LogP contribution >= 0.6 is 0 Å². The number of ether oxygens (including phenoxy) is 1. The summed E-state index contributed by atoms with van der Waals surface area (Å²) in [5, 5.41) is 3.65. The molecule has 2 N–H and O–H groups in total. The van der Waals surface area contributed by atoms with Gasteiger partial charge in [0.05, 0.1) is 18.2 Å². The zero-order chi connectivity index (χ0) is 23.2. The summed E-state index contributed by atoms with van der Waals surface area (Å²) in [7, 11) is -0.296. The second kappa shape index (κ2) is 8.33. The molecule has 2 aromatic carbocycles. The van der Waals surface area contributed by atoms with Crippen molar-refractivity contribution >= 4 is 27.2 Å². The van der Waals surface area contributed by atoms with Crippen LogP contribution in [0.1, 0.15) is 43.2 Å². The molecule has 1 spiro atoms. The highest BCUT2D eigenvalue weighted by Gasteiger charge is 2.51. The average Bonchev–Trinajstić information content (AvgIpc) is 3.06. The average molecular weight is 470 g/mol. The number of nitrogens with one attached hydrogen (secondary N) is 2. The number of methoxy groups -OCH3 is 1. The van der Waals surface area contributed by atoms with Gasteiger partial charge in [0.15, 0.2) is 0 Å². The van der Waals surface area contributed by atoms with Crippen molar-refractivity contribution in [1.82, 2.24) is 4.90 Å². The Balaban J connectivity index is 1.54. The number of benzene rings is 2. The molecule has 2 aliphatic carbocycles. The van der Waals surface area contributed by atoms with E-state index in [1.165, 1.54) is 13.2 Å². The molecule has 8 heteroatoms.